The van der Waals surface area contributed by atoms with Gasteiger partial charge >= 0.3 is 0 Å². The molecule has 1 N–H and O–H groups in total. The Labute approximate surface area is 104 Å². The molecule has 17 heavy (non-hydrogen) atoms. The van der Waals surface area contributed by atoms with Crippen LogP contribution in [0.4, 0.5) is 0 Å². The van der Waals surface area contributed by atoms with Crippen LogP contribution in [0.1, 0.15) is 37.8 Å². The molecule has 1 aliphatic rings. The second-order valence-corrected chi connectivity index (χ2v) is 5.26. The number of benzene rings is 1. The summed E-state index contributed by atoms with van der Waals surface area (Å²) < 4.78 is 5.65. The first-order valence-electron chi connectivity index (χ1n) is 6.59. The topological polar surface area (TPSA) is 29.5 Å². The van der Waals surface area contributed by atoms with Gasteiger partial charge in [-0.25, -0.2) is 0 Å². The Kier molecular flexibility index (Phi) is 4.06. The van der Waals surface area contributed by atoms with Crippen LogP contribution in [0.5, 0.6) is 5.75 Å². The minimum absolute atomic E-state index is 0.243. The summed E-state index contributed by atoms with van der Waals surface area (Å²) in [6.07, 6.45) is 4.57. The first kappa shape index (κ1) is 12.4. The summed E-state index contributed by atoms with van der Waals surface area (Å²) in [6.45, 7) is 4.39. The molecule has 94 valence electrons. The van der Waals surface area contributed by atoms with Crippen LogP contribution in [-0.4, -0.2) is 17.8 Å². The Hall–Kier alpha value is -1.02. The molecule has 1 atom stereocenters. The Morgan fingerprint density at radius 3 is 2.59 bits per heavy atom. The van der Waals surface area contributed by atoms with Crippen LogP contribution in [-0.2, 0) is 12.8 Å². The summed E-state index contributed by atoms with van der Waals surface area (Å²) in [7, 11) is 0. The molecule has 0 spiro atoms. The zero-order chi connectivity index (χ0) is 12.3. The van der Waals surface area contributed by atoms with Gasteiger partial charge in [-0.1, -0.05) is 19.9 Å². The third kappa shape index (κ3) is 3.22. The lowest BCUT2D eigenvalue weighted by atomic mass is 9.92. The largest absolute Gasteiger partial charge is 0.491 e. The maximum atomic E-state index is 9.70. The normalized spacial score (nSPS) is 16.7. The molecule has 2 nitrogen and oxygen atoms in total. The molecule has 0 aromatic heterocycles. The van der Waals surface area contributed by atoms with Crippen LogP contribution in [0, 0.1) is 5.92 Å². The van der Waals surface area contributed by atoms with E-state index in [1.54, 1.807) is 0 Å². The van der Waals surface area contributed by atoms with Gasteiger partial charge in [-0.15, -0.1) is 0 Å². The number of rotatable bonds is 4. The predicted molar refractivity (Wildman–Crippen MR) is 69.4 cm³/mol. The van der Waals surface area contributed by atoms with Crippen molar-refractivity contribution in [1.29, 1.82) is 0 Å². The smallest absolute Gasteiger partial charge is 0.119 e. The van der Waals surface area contributed by atoms with Gasteiger partial charge in [-0.3, -0.25) is 0 Å². The van der Waals surface area contributed by atoms with Crippen LogP contribution in [0.2, 0.25) is 0 Å². The van der Waals surface area contributed by atoms with Crippen molar-refractivity contribution in [3.63, 3.8) is 0 Å². The molecule has 1 aromatic rings. The molecule has 2 rings (SSSR count). The van der Waals surface area contributed by atoms with Crippen LogP contribution >= 0.6 is 0 Å². The van der Waals surface area contributed by atoms with E-state index in [-0.39, 0.29) is 12.0 Å². The van der Waals surface area contributed by atoms with Crippen LogP contribution in [0.3, 0.4) is 0 Å². The Balaban J connectivity index is 1.97. The van der Waals surface area contributed by atoms with E-state index in [1.807, 2.05) is 19.9 Å². The zero-order valence-corrected chi connectivity index (χ0v) is 10.8. The summed E-state index contributed by atoms with van der Waals surface area (Å²) in [6, 6.07) is 6.34. The van der Waals surface area contributed by atoms with E-state index >= 15 is 0 Å². The first-order chi connectivity index (χ1) is 8.16. The summed E-state index contributed by atoms with van der Waals surface area (Å²) in [5.74, 6) is 1.14. The van der Waals surface area contributed by atoms with Crippen molar-refractivity contribution in [1.82, 2.24) is 0 Å². The highest BCUT2D eigenvalue weighted by Crippen LogP contribution is 2.25. The Morgan fingerprint density at radius 1 is 1.18 bits per heavy atom. The second kappa shape index (κ2) is 5.54. The van der Waals surface area contributed by atoms with Crippen LogP contribution in [0.25, 0.3) is 0 Å². The molecule has 0 heterocycles. The molecule has 0 fully saturated rings. The molecule has 0 saturated heterocycles. The fraction of sp³-hybridized carbons (Fsp3) is 0.600. The highest BCUT2D eigenvalue weighted by Gasteiger charge is 2.12. The van der Waals surface area contributed by atoms with E-state index in [1.165, 1.54) is 36.8 Å². The van der Waals surface area contributed by atoms with Crippen molar-refractivity contribution in [2.75, 3.05) is 6.61 Å². The van der Waals surface area contributed by atoms with Crippen LogP contribution in [0.15, 0.2) is 18.2 Å². The van der Waals surface area contributed by atoms with Gasteiger partial charge in [0.25, 0.3) is 0 Å². The number of aliphatic hydroxyl groups is 1. The fourth-order valence-electron chi connectivity index (χ4n) is 2.17. The van der Waals surface area contributed by atoms with Crippen molar-refractivity contribution in [3.05, 3.63) is 29.3 Å². The maximum absolute atomic E-state index is 9.70. The molecule has 0 amide bonds. The monoisotopic (exact) mass is 234 g/mol. The minimum Gasteiger partial charge on any atom is -0.491 e. The summed E-state index contributed by atoms with van der Waals surface area (Å²) in [5, 5.41) is 9.70. The lowest BCUT2D eigenvalue weighted by molar-refractivity contribution is 0.0701. The Morgan fingerprint density at radius 2 is 1.88 bits per heavy atom. The van der Waals surface area contributed by atoms with Crippen molar-refractivity contribution in [3.8, 4) is 5.75 Å². The highest BCUT2D eigenvalue weighted by molar-refractivity contribution is 5.37. The van der Waals surface area contributed by atoms with Crippen molar-refractivity contribution < 1.29 is 9.84 Å². The van der Waals surface area contributed by atoms with E-state index < -0.39 is 0 Å². The quantitative estimate of drug-likeness (QED) is 0.868. The van der Waals surface area contributed by atoms with E-state index in [9.17, 15) is 5.11 Å². The van der Waals surface area contributed by atoms with Crippen LogP contribution < -0.4 is 4.74 Å². The zero-order valence-electron chi connectivity index (χ0n) is 10.8. The van der Waals surface area contributed by atoms with Gasteiger partial charge in [-0.2, -0.15) is 0 Å². The predicted octanol–water partition coefficient (Wildman–Crippen LogP) is 2.96. The molecule has 1 aromatic carbocycles. The van der Waals surface area contributed by atoms with Gasteiger partial charge in [0.1, 0.15) is 12.4 Å². The van der Waals surface area contributed by atoms with Gasteiger partial charge in [0.2, 0.25) is 0 Å². The van der Waals surface area contributed by atoms with Crippen molar-refractivity contribution in [2.45, 2.75) is 45.6 Å². The average molecular weight is 234 g/mol. The lowest BCUT2D eigenvalue weighted by Crippen LogP contribution is -2.23. The lowest BCUT2D eigenvalue weighted by Gasteiger charge is -2.19. The summed E-state index contributed by atoms with van der Waals surface area (Å²) in [4.78, 5) is 0. The Bertz CT molecular complexity index is 371. The van der Waals surface area contributed by atoms with Crippen molar-refractivity contribution >= 4 is 0 Å². The molecule has 0 saturated carbocycles. The fourth-order valence-corrected chi connectivity index (χ4v) is 2.17. The number of hydrogen-bond donors (Lipinski definition) is 1. The molecule has 0 radical (unpaired) electrons. The van der Waals surface area contributed by atoms with Gasteiger partial charge in [0, 0.05) is 0 Å². The van der Waals surface area contributed by atoms with E-state index in [0.717, 1.165) is 5.75 Å². The second-order valence-electron chi connectivity index (χ2n) is 5.26. The number of hydrogen-bond acceptors (Lipinski definition) is 2. The molecular formula is C15H22O2. The molecular weight excluding hydrogens is 212 g/mol. The van der Waals surface area contributed by atoms with E-state index in [0.29, 0.717) is 6.61 Å². The van der Waals surface area contributed by atoms with E-state index in [4.69, 9.17) is 4.74 Å². The molecule has 0 aliphatic heterocycles. The van der Waals surface area contributed by atoms with Gasteiger partial charge in [0.05, 0.1) is 6.10 Å². The van der Waals surface area contributed by atoms with E-state index in [2.05, 4.69) is 12.1 Å². The first-order valence-corrected chi connectivity index (χ1v) is 6.59. The standard InChI is InChI=1S/C15H22O2/c1-11(2)15(16)10-17-14-8-7-12-5-3-4-6-13(12)9-14/h7-9,11,15-16H,3-6,10H2,1-2H3. The third-order valence-corrected chi connectivity index (χ3v) is 3.51. The SMILES string of the molecule is CC(C)C(O)COc1ccc2c(c1)CCCC2. The number of aliphatic hydroxyl groups excluding tert-OH is 1. The summed E-state index contributed by atoms with van der Waals surface area (Å²) in [5.41, 5.74) is 2.89. The van der Waals surface area contributed by atoms with Gasteiger partial charge in [0.15, 0.2) is 0 Å². The molecule has 2 heteroatoms. The molecule has 0 bridgehead atoms. The third-order valence-electron chi connectivity index (χ3n) is 3.51. The highest BCUT2D eigenvalue weighted by atomic mass is 16.5. The minimum atomic E-state index is -0.383. The molecule has 1 aliphatic carbocycles. The summed E-state index contributed by atoms with van der Waals surface area (Å²) >= 11 is 0. The maximum Gasteiger partial charge on any atom is 0.119 e. The number of ether oxygens (including phenoxy) is 1. The average Bonchev–Trinajstić information content (AvgIpc) is 2.35. The number of fused-ring (bicyclic) bond motifs is 1. The molecule has 1 unspecified atom stereocenters. The van der Waals surface area contributed by atoms with Gasteiger partial charge in [-0.05, 0) is 54.9 Å². The number of aryl methyl sites for hydroxylation is 2. The van der Waals surface area contributed by atoms with Crippen molar-refractivity contribution in [2.24, 2.45) is 5.92 Å². The van der Waals surface area contributed by atoms with Gasteiger partial charge < -0.3 is 9.84 Å².